The van der Waals surface area contributed by atoms with Gasteiger partial charge in [0.15, 0.2) is 0 Å². The normalized spacial score (nSPS) is 15.0. The minimum Gasteiger partial charge on any atom is -0.383 e. The molecule has 1 amide bonds. The van der Waals surface area contributed by atoms with Crippen LogP contribution in [0.2, 0.25) is 0 Å². The Morgan fingerprint density at radius 1 is 1.38 bits per heavy atom. The SMILES string of the molecule is Cc1cc(C)n([C@@H](C)C(=O)NC[C@](C)(O)c2ccc(F)cc2F)n1. The molecule has 7 heteroatoms. The van der Waals surface area contributed by atoms with E-state index in [4.69, 9.17) is 0 Å². The van der Waals surface area contributed by atoms with Crippen LogP contribution >= 0.6 is 0 Å². The van der Waals surface area contributed by atoms with Gasteiger partial charge < -0.3 is 10.4 Å². The number of rotatable bonds is 5. The molecular weight excluding hydrogens is 316 g/mol. The van der Waals surface area contributed by atoms with Gasteiger partial charge in [-0.1, -0.05) is 6.07 Å². The molecule has 5 nitrogen and oxygen atoms in total. The highest BCUT2D eigenvalue weighted by molar-refractivity contribution is 5.80. The molecule has 0 spiro atoms. The fourth-order valence-corrected chi connectivity index (χ4v) is 2.58. The van der Waals surface area contributed by atoms with Gasteiger partial charge in [0.25, 0.3) is 0 Å². The quantitative estimate of drug-likeness (QED) is 0.880. The van der Waals surface area contributed by atoms with Crippen molar-refractivity contribution in [2.24, 2.45) is 0 Å². The third-order valence-corrected chi connectivity index (χ3v) is 3.91. The number of hydrogen-bond donors (Lipinski definition) is 2. The average molecular weight is 337 g/mol. The van der Waals surface area contributed by atoms with Crippen LogP contribution in [0.1, 0.15) is 36.8 Å². The molecule has 0 saturated carbocycles. The molecule has 0 aliphatic carbocycles. The molecule has 0 aliphatic rings. The smallest absolute Gasteiger partial charge is 0.244 e. The molecule has 2 atom stereocenters. The molecule has 2 N–H and O–H groups in total. The Morgan fingerprint density at radius 2 is 2.04 bits per heavy atom. The number of aliphatic hydroxyl groups is 1. The van der Waals surface area contributed by atoms with Crippen LogP contribution in [0.3, 0.4) is 0 Å². The first-order chi connectivity index (χ1) is 11.1. The van der Waals surface area contributed by atoms with Gasteiger partial charge in [0.05, 0.1) is 12.2 Å². The largest absolute Gasteiger partial charge is 0.383 e. The lowest BCUT2D eigenvalue weighted by Crippen LogP contribution is -2.42. The highest BCUT2D eigenvalue weighted by Crippen LogP contribution is 2.23. The van der Waals surface area contributed by atoms with E-state index < -0.39 is 23.3 Å². The van der Waals surface area contributed by atoms with Crippen LogP contribution in [-0.4, -0.2) is 27.3 Å². The first-order valence-corrected chi connectivity index (χ1v) is 7.60. The van der Waals surface area contributed by atoms with Crippen molar-refractivity contribution in [1.29, 1.82) is 0 Å². The molecule has 0 unspecified atom stereocenters. The Labute approximate surface area is 139 Å². The Bertz CT molecular complexity index is 756. The standard InChI is InChI=1S/C17H21F2N3O2/c1-10-7-11(2)22(21-10)12(3)16(23)20-9-17(4,24)14-6-5-13(18)8-15(14)19/h5-8,12,24H,9H2,1-4H3,(H,20,23)/t12-,17-/m0/s1. The van der Waals surface area contributed by atoms with E-state index in [-0.39, 0.29) is 18.0 Å². The Morgan fingerprint density at radius 3 is 2.58 bits per heavy atom. The number of benzene rings is 1. The molecule has 0 fully saturated rings. The molecule has 1 heterocycles. The van der Waals surface area contributed by atoms with E-state index >= 15 is 0 Å². The molecule has 1 aromatic carbocycles. The fraction of sp³-hybridized carbons (Fsp3) is 0.412. The lowest BCUT2D eigenvalue weighted by molar-refractivity contribution is -0.125. The summed E-state index contributed by atoms with van der Waals surface area (Å²) >= 11 is 0. The molecular formula is C17H21F2N3O2. The van der Waals surface area contributed by atoms with Gasteiger partial charge in [-0.15, -0.1) is 0 Å². The van der Waals surface area contributed by atoms with E-state index in [2.05, 4.69) is 10.4 Å². The predicted molar refractivity (Wildman–Crippen MR) is 85.4 cm³/mol. The maximum absolute atomic E-state index is 13.8. The number of aromatic nitrogens is 2. The lowest BCUT2D eigenvalue weighted by Gasteiger charge is -2.25. The van der Waals surface area contributed by atoms with Crippen LogP contribution in [0, 0.1) is 25.5 Å². The van der Waals surface area contributed by atoms with Crippen LogP contribution in [0.15, 0.2) is 24.3 Å². The Balaban J connectivity index is 2.08. The summed E-state index contributed by atoms with van der Waals surface area (Å²) in [5.74, 6) is -1.95. The van der Waals surface area contributed by atoms with Crippen molar-refractivity contribution in [2.45, 2.75) is 39.3 Å². The summed E-state index contributed by atoms with van der Waals surface area (Å²) < 4.78 is 28.4. The average Bonchev–Trinajstić information content (AvgIpc) is 2.82. The highest BCUT2D eigenvalue weighted by Gasteiger charge is 2.28. The summed E-state index contributed by atoms with van der Waals surface area (Å²) in [6.07, 6.45) is 0. The maximum atomic E-state index is 13.8. The zero-order valence-electron chi connectivity index (χ0n) is 14.1. The molecule has 2 rings (SSSR count). The van der Waals surface area contributed by atoms with Gasteiger partial charge in [-0.25, -0.2) is 8.78 Å². The number of nitrogens with one attached hydrogen (secondary N) is 1. The van der Waals surface area contributed by atoms with Crippen molar-refractivity contribution >= 4 is 5.91 Å². The lowest BCUT2D eigenvalue weighted by atomic mass is 9.95. The van der Waals surface area contributed by atoms with Gasteiger partial charge in [0.1, 0.15) is 23.3 Å². The maximum Gasteiger partial charge on any atom is 0.244 e. The van der Waals surface area contributed by atoms with Crippen molar-refractivity contribution in [3.63, 3.8) is 0 Å². The molecule has 0 saturated heterocycles. The van der Waals surface area contributed by atoms with E-state index in [1.165, 1.54) is 13.0 Å². The van der Waals surface area contributed by atoms with E-state index in [9.17, 15) is 18.7 Å². The molecule has 0 radical (unpaired) electrons. The van der Waals surface area contributed by atoms with Gasteiger partial charge in [0.2, 0.25) is 5.91 Å². The third kappa shape index (κ3) is 3.79. The number of carbonyl (C=O) groups is 1. The first kappa shape index (κ1) is 18.1. The molecule has 130 valence electrons. The van der Waals surface area contributed by atoms with Crippen molar-refractivity contribution in [2.75, 3.05) is 6.54 Å². The van der Waals surface area contributed by atoms with Crippen molar-refractivity contribution in [3.8, 4) is 0 Å². The van der Waals surface area contributed by atoms with Crippen molar-refractivity contribution in [1.82, 2.24) is 15.1 Å². The molecule has 0 aliphatic heterocycles. The minimum absolute atomic E-state index is 0.0806. The Kier molecular flexibility index (Phi) is 5.03. The van der Waals surface area contributed by atoms with Gasteiger partial charge in [-0.05, 0) is 39.8 Å². The second-order valence-corrected chi connectivity index (χ2v) is 6.16. The highest BCUT2D eigenvalue weighted by atomic mass is 19.1. The minimum atomic E-state index is -1.66. The van der Waals surface area contributed by atoms with Gasteiger partial charge in [-0.2, -0.15) is 5.10 Å². The molecule has 1 aromatic heterocycles. The number of aryl methyl sites for hydroxylation is 2. The first-order valence-electron chi connectivity index (χ1n) is 7.60. The zero-order valence-corrected chi connectivity index (χ0v) is 14.1. The van der Waals surface area contributed by atoms with Crippen LogP contribution in [0.4, 0.5) is 8.78 Å². The van der Waals surface area contributed by atoms with E-state index in [1.807, 2.05) is 19.9 Å². The fourth-order valence-electron chi connectivity index (χ4n) is 2.58. The van der Waals surface area contributed by atoms with Crippen LogP contribution < -0.4 is 5.32 Å². The summed E-state index contributed by atoms with van der Waals surface area (Å²) in [7, 11) is 0. The summed E-state index contributed by atoms with van der Waals surface area (Å²) in [6, 6.07) is 4.21. The summed E-state index contributed by atoms with van der Waals surface area (Å²) in [6.45, 7) is 6.50. The van der Waals surface area contributed by atoms with Gasteiger partial charge in [-0.3, -0.25) is 9.48 Å². The summed E-state index contributed by atoms with van der Waals surface area (Å²) in [5.41, 5.74) is -0.107. The number of halogens is 2. The number of carbonyl (C=O) groups excluding carboxylic acids is 1. The number of nitrogens with zero attached hydrogens (tertiary/aromatic N) is 2. The summed E-state index contributed by atoms with van der Waals surface area (Å²) in [5, 5.41) is 17.3. The van der Waals surface area contributed by atoms with Gasteiger partial charge >= 0.3 is 0 Å². The van der Waals surface area contributed by atoms with E-state index in [0.29, 0.717) is 6.07 Å². The number of hydrogen-bond acceptors (Lipinski definition) is 3. The van der Waals surface area contributed by atoms with Crippen molar-refractivity contribution < 1.29 is 18.7 Å². The second-order valence-electron chi connectivity index (χ2n) is 6.16. The topological polar surface area (TPSA) is 67.2 Å². The monoisotopic (exact) mass is 337 g/mol. The van der Waals surface area contributed by atoms with Gasteiger partial charge in [0, 0.05) is 17.3 Å². The van der Waals surface area contributed by atoms with Crippen LogP contribution in [0.5, 0.6) is 0 Å². The van der Waals surface area contributed by atoms with E-state index in [0.717, 1.165) is 17.5 Å². The van der Waals surface area contributed by atoms with Crippen molar-refractivity contribution in [3.05, 3.63) is 52.9 Å². The summed E-state index contributed by atoms with van der Waals surface area (Å²) in [4.78, 5) is 12.3. The second kappa shape index (κ2) is 6.68. The molecule has 24 heavy (non-hydrogen) atoms. The molecule has 2 aromatic rings. The van der Waals surface area contributed by atoms with E-state index in [1.54, 1.807) is 11.6 Å². The molecule has 0 bridgehead atoms. The predicted octanol–water partition coefficient (Wildman–Crippen LogP) is 2.36. The third-order valence-electron chi connectivity index (χ3n) is 3.91. The van der Waals surface area contributed by atoms with Crippen LogP contribution in [0.25, 0.3) is 0 Å². The van der Waals surface area contributed by atoms with Crippen LogP contribution in [-0.2, 0) is 10.4 Å². The number of amides is 1. The Hall–Kier alpha value is -2.28. The zero-order chi connectivity index (χ0) is 18.1.